The van der Waals surface area contributed by atoms with E-state index in [1.807, 2.05) is 20.8 Å². The summed E-state index contributed by atoms with van der Waals surface area (Å²) in [7, 11) is -2.77. The summed E-state index contributed by atoms with van der Waals surface area (Å²) in [6.45, 7) is 5.50. The summed E-state index contributed by atoms with van der Waals surface area (Å²) < 4.78 is 51.6. The number of nitrogens with one attached hydrogen (secondary N) is 2. The molecule has 1 amide bonds. The Morgan fingerprint density at radius 2 is 1.64 bits per heavy atom. The molecule has 12 nitrogen and oxygen atoms in total. The van der Waals surface area contributed by atoms with Gasteiger partial charge in [0.25, 0.3) is 10.0 Å². The molecule has 0 aliphatic carbocycles. The summed E-state index contributed by atoms with van der Waals surface area (Å²) in [5.74, 6) is -0.927. The molecule has 0 fully saturated rings. The van der Waals surface area contributed by atoms with Crippen LogP contribution in [0.4, 0.5) is 16.3 Å². The zero-order chi connectivity index (χ0) is 32.6. The number of carbonyl (C=O) groups excluding carboxylic acids is 2. The molecule has 0 atom stereocenters. The second kappa shape index (κ2) is 14.0. The van der Waals surface area contributed by atoms with Gasteiger partial charge in [0.05, 0.1) is 23.7 Å². The zero-order valence-electron chi connectivity index (χ0n) is 25.0. The van der Waals surface area contributed by atoms with Crippen LogP contribution in [0.2, 0.25) is 0 Å². The summed E-state index contributed by atoms with van der Waals surface area (Å²) >= 11 is 0. The van der Waals surface area contributed by atoms with Gasteiger partial charge in [-0.3, -0.25) is 10.0 Å². The first kappa shape index (κ1) is 32.6. The van der Waals surface area contributed by atoms with Crippen LogP contribution in [0.15, 0.2) is 90.0 Å². The standard InChI is InChI=1S/C32H33N3O9S/c1-32(2,3)22-11-13-25(14-12-22)45(39,40)35-26-18-21(30(36)37)19-27(29(26)44-24-9-7-8-23(20-24)41-4)42-16-17-43-31(38)34-28-10-5-6-15-33-28/h5-15,18-20,35H,16-17H2,1-4H3,(H,36,37)(H,33,34,38)/p-1. The molecule has 1 aromatic heterocycles. The van der Waals surface area contributed by atoms with E-state index < -0.39 is 27.6 Å². The van der Waals surface area contributed by atoms with E-state index in [0.717, 1.165) is 17.7 Å². The van der Waals surface area contributed by atoms with Gasteiger partial charge in [0.1, 0.15) is 30.5 Å². The van der Waals surface area contributed by atoms with Gasteiger partial charge in [0.2, 0.25) is 0 Å². The third-order valence-electron chi connectivity index (χ3n) is 6.30. The minimum atomic E-state index is -4.24. The quantitative estimate of drug-likeness (QED) is 0.203. The number of carboxylic acid groups (broad SMARTS) is 1. The first-order chi connectivity index (χ1) is 21.4. The molecular formula is C32H32N3O9S-. The van der Waals surface area contributed by atoms with Crippen LogP contribution in [0.5, 0.6) is 23.0 Å². The van der Waals surface area contributed by atoms with Crippen LogP contribution in [0.25, 0.3) is 0 Å². The molecule has 3 aromatic carbocycles. The Labute approximate surface area is 261 Å². The second-order valence-electron chi connectivity index (χ2n) is 10.6. The zero-order valence-corrected chi connectivity index (χ0v) is 25.8. The number of carbonyl (C=O) groups is 2. The number of ether oxygens (including phenoxy) is 4. The summed E-state index contributed by atoms with van der Waals surface area (Å²) in [6, 6.07) is 19.9. The third kappa shape index (κ3) is 8.86. The van der Waals surface area contributed by atoms with Crippen LogP contribution in [0.3, 0.4) is 0 Å². The van der Waals surface area contributed by atoms with E-state index in [9.17, 15) is 23.1 Å². The number of sulfonamides is 1. The first-order valence-corrected chi connectivity index (χ1v) is 15.2. The molecule has 45 heavy (non-hydrogen) atoms. The fraction of sp³-hybridized carbons (Fsp3) is 0.219. The van der Waals surface area contributed by atoms with Gasteiger partial charge in [-0.15, -0.1) is 0 Å². The molecule has 236 valence electrons. The number of aromatic carboxylic acids is 1. The van der Waals surface area contributed by atoms with Crippen LogP contribution in [-0.2, 0) is 20.2 Å². The van der Waals surface area contributed by atoms with E-state index in [0.29, 0.717) is 5.75 Å². The first-order valence-electron chi connectivity index (χ1n) is 13.7. The number of anilines is 2. The minimum Gasteiger partial charge on any atom is -0.545 e. The van der Waals surface area contributed by atoms with E-state index in [2.05, 4.69) is 15.0 Å². The van der Waals surface area contributed by atoms with E-state index in [4.69, 9.17) is 18.9 Å². The minimum absolute atomic E-state index is 0.0588. The molecule has 0 spiro atoms. The molecule has 0 aliphatic heterocycles. The maximum atomic E-state index is 13.5. The SMILES string of the molecule is COc1cccc(Oc2c(NS(=O)(=O)c3ccc(C(C)(C)C)cc3)cc(C(=O)[O-])cc2OCCOC(=O)Nc2ccccn2)c1. The van der Waals surface area contributed by atoms with Crippen molar-refractivity contribution >= 4 is 33.6 Å². The summed E-state index contributed by atoms with van der Waals surface area (Å²) in [5.41, 5.74) is 0.0978. The molecule has 13 heteroatoms. The summed E-state index contributed by atoms with van der Waals surface area (Å²) in [6.07, 6.45) is 0.708. The largest absolute Gasteiger partial charge is 0.545 e. The molecule has 4 aromatic rings. The van der Waals surface area contributed by atoms with E-state index in [1.54, 1.807) is 54.6 Å². The Morgan fingerprint density at radius 1 is 0.911 bits per heavy atom. The second-order valence-corrected chi connectivity index (χ2v) is 12.3. The maximum Gasteiger partial charge on any atom is 0.412 e. The van der Waals surface area contributed by atoms with Crippen molar-refractivity contribution in [2.24, 2.45) is 0 Å². The lowest BCUT2D eigenvalue weighted by molar-refractivity contribution is -0.255. The normalized spacial score (nSPS) is 11.3. The van der Waals surface area contributed by atoms with Crippen molar-refractivity contribution in [1.29, 1.82) is 0 Å². The van der Waals surface area contributed by atoms with Gasteiger partial charge in [0, 0.05) is 17.8 Å². The van der Waals surface area contributed by atoms with Gasteiger partial charge in [-0.2, -0.15) is 0 Å². The number of methoxy groups -OCH3 is 1. The highest BCUT2D eigenvalue weighted by Crippen LogP contribution is 2.41. The lowest BCUT2D eigenvalue weighted by Gasteiger charge is -2.21. The molecular weight excluding hydrogens is 602 g/mol. The van der Waals surface area contributed by atoms with Gasteiger partial charge >= 0.3 is 6.09 Å². The number of rotatable bonds is 12. The molecule has 0 saturated carbocycles. The van der Waals surface area contributed by atoms with Crippen LogP contribution in [0, 0.1) is 0 Å². The molecule has 0 aliphatic rings. The summed E-state index contributed by atoms with van der Waals surface area (Å²) in [4.78, 5) is 28.0. The van der Waals surface area contributed by atoms with Crippen molar-refractivity contribution in [2.45, 2.75) is 31.1 Å². The Morgan fingerprint density at radius 3 is 2.29 bits per heavy atom. The topological polar surface area (TPSA) is 165 Å². The van der Waals surface area contributed by atoms with Gasteiger partial charge < -0.3 is 28.8 Å². The highest BCUT2D eigenvalue weighted by molar-refractivity contribution is 7.92. The molecule has 0 saturated heterocycles. The van der Waals surface area contributed by atoms with Crippen molar-refractivity contribution in [3.05, 3.63) is 96.2 Å². The van der Waals surface area contributed by atoms with Gasteiger partial charge in [0.15, 0.2) is 11.5 Å². The van der Waals surface area contributed by atoms with Crippen LogP contribution >= 0.6 is 0 Å². The van der Waals surface area contributed by atoms with Crippen LogP contribution in [0.1, 0.15) is 36.7 Å². The predicted molar refractivity (Wildman–Crippen MR) is 164 cm³/mol. The highest BCUT2D eigenvalue weighted by Gasteiger charge is 2.23. The fourth-order valence-corrected chi connectivity index (χ4v) is 5.05. The van der Waals surface area contributed by atoms with E-state index in [1.165, 1.54) is 25.4 Å². The smallest absolute Gasteiger partial charge is 0.412 e. The number of hydrogen-bond acceptors (Lipinski definition) is 10. The molecule has 4 rings (SSSR count). The Balaban J connectivity index is 1.64. The maximum absolute atomic E-state index is 13.5. The monoisotopic (exact) mass is 634 g/mol. The fourth-order valence-electron chi connectivity index (χ4n) is 3.99. The molecule has 0 unspecified atom stereocenters. The average molecular weight is 635 g/mol. The number of carboxylic acids is 1. The number of aromatic nitrogens is 1. The molecule has 0 radical (unpaired) electrons. The van der Waals surface area contributed by atoms with Crippen molar-refractivity contribution in [3.63, 3.8) is 0 Å². The number of nitrogens with zero attached hydrogens (tertiary/aromatic N) is 1. The number of benzene rings is 3. The van der Waals surface area contributed by atoms with Crippen molar-refractivity contribution in [2.75, 3.05) is 30.4 Å². The molecule has 1 heterocycles. The Hall–Kier alpha value is -5.30. The van der Waals surface area contributed by atoms with Crippen molar-refractivity contribution in [3.8, 4) is 23.0 Å². The van der Waals surface area contributed by atoms with Crippen LogP contribution in [-0.4, -0.2) is 45.8 Å². The lowest BCUT2D eigenvalue weighted by atomic mass is 9.87. The Kier molecular flexibility index (Phi) is 10.1. The Bertz CT molecular complexity index is 1760. The summed E-state index contributed by atoms with van der Waals surface area (Å²) in [5, 5.41) is 14.4. The van der Waals surface area contributed by atoms with E-state index in [-0.39, 0.29) is 52.3 Å². The average Bonchev–Trinajstić information content (AvgIpc) is 3.00. The third-order valence-corrected chi connectivity index (χ3v) is 7.68. The van der Waals surface area contributed by atoms with Crippen molar-refractivity contribution < 1.29 is 42.1 Å². The van der Waals surface area contributed by atoms with E-state index >= 15 is 0 Å². The highest BCUT2D eigenvalue weighted by atomic mass is 32.2. The number of pyridine rings is 1. The number of amides is 1. The molecule has 2 N–H and O–H groups in total. The van der Waals surface area contributed by atoms with Gasteiger partial charge in [-0.05, 0) is 59.5 Å². The van der Waals surface area contributed by atoms with Crippen molar-refractivity contribution in [1.82, 2.24) is 4.98 Å². The van der Waals surface area contributed by atoms with Gasteiger partial charge in [-0.1, -0.05) is 45.0 Å². The molecule has 0 bridgehead atoms. The van der Waals surface area contributed by atoms with Crippen LogP contribution < -0.4 is 29.4 Å². The lowest BCUT2D eigenvalue weighted by Crippen LogP contribution is -2.23. The number of hydrogen-bond donors (Lipinski definition) is 2. The predicted octanol–water partition coefficient (Wildman–Crippen LogP) is 4.97. The van der Waals surface area contributed by atoms with Gasteiger partial charge in [-0.25, -0.2) is 18.2 Å².